The van der Waals surface area contributed by atoms with Crippen molar-refractivity contribution in [3.8, 4) is 0 Å². The maximum absolute atomic E-state index is 15.3. The lowest BCUT2D eigenvalue weighted by atomic mass is 9.76. The number of anilines is 1. The minimum atomic E-state index is -0.993. The van der Waals surface area contributed by atoms with Gasteiger partial charge >= 0.3 is 6.09 Å². The number of carbonyl (C=O) groups excluding carboxylic acids is 2. The molecule has 2 aromatic rings. The SMILES string of the molecule is COC(=O)N[C@H](C(=O)Nc1cccc(F)c1CC[C@@H]1CNCC2(CCOCC2)O1)[C@@H](c1ccc(Cl)cc1)C1CCOCC1. The van der Waals surface area contributed by atoms with Crippen molar-refractivity contribution in [2.75, 3.05) is 51.9 Å². The molecule has 2 amide bonds. The van der Waals surface area contributed by atoms with Gasteiger partial charge in [0.05, 0.1) is 18.8 Å². The van der Waals surface area contributed by atoms with Crippen molar-refractivity contribution in [1.29, 1.82) is 0 Å². The Bertz CT molecular complexity index is 1230. The monoisotopic (exact) mass is 617 g/mol. The zero-order valence-corrected chi connectivity index (χ0v) is 25.3. The quantitative estimate of drug-likeness (QED) is 0.370. The van der Waals surface area contributed by atoms with E-state index in [9.17, 15) is 9.59 Å². The van der Waals surface area contributed by atoms with Crippen molar-refractivity contribution in [3.63, 3.8) is 0 Å². The first-order chi connectivity index (χ1) is 20.9. The number of nitrogens with one attached hydrogen (secondary N) is 3. The molecule has 3 fully saturated rings. The maximum atomic E-state index is 15.3. The third-order valence-electron chi connectivity index (χ3n) is 8.86. The zero-order chi connectivity index (χ0) is 30.2. The molecule has 9 nitrogen and oxygen atoms in total. The molecule has 3 atom stereocenters. The van der Waals surface area contributed by atoms with Gasteiger partial charge in [0.15, 0.2) is 0 Å². The van der Waals surface area contributed by atoms with Crippen LogP contribution in [0.5, 0.6) is 0 Å². The van der Waals surface area contributed by atoms with Gasteiger partial charge in [0.25, 0.3) is 0 Å². The van der Waals surface area contributed by atoms with Crippen LogP contribution in [0.3, 0.4) is 0 Å². The van der Waals surface area contributed by atoms with Crippen LogP contribution in [0.1, 0.15) is 49.1 Å². The van der Waals surface area contributed by atoms with Crippen molar-refractivity contribution >= 4 is 29.3 Å². The van der Waals surface area contributed by atoms with Gasteiger partial charge in [0.2, 0.25) is 5.91 Å². The standard InChI is InChI=1S/C32H41ClFN3O6/c1-40-31(39)37-29(28(22-11-15-41-16-12-22)21-5-7-23(33)8-6-21)30(38)36-27-4-2-3-26(34)25(27)10-9-24-19-35-20-32(43-24)13-17-42-18-14-32/h2-8,22,24,28-29,35H,9-20H2,1H3,(H,36,38)(H,37,39)/t24-,28+,29+/m1/s1. The number of rotatable bonds is 9. The summed E-state index contributed by atoms with van der Waals surface area (Å²) >= 11 is 6.18. The van der Waals surface area contributed by atoms with Crippen molar-refractivity contribution < 1.29 is 32.9 Å². The highest BCUT2D eigenvalue weighted by atomic mass is 35.5. The highest BCUT2D eigenvalue weighted by Crippen LogP contribution is 2.37. The van der Waals surface area contributed by atoms with Crippen LogP contribution in [0, 0.1) is 11.7 Å². The average molecular weight is 618 g/mol. The second kappa shape index (κ2) is 14.8. The molecule has 3 heterocycles. The Balaban J connectivity index is 1.36. The summed E-state index contributed by atoms with van der Waals surface area (Å²) in [4.78, 5) is 26.6. The fourth-order valence-corrected chi connectivity index (χ4v) is 6.67. The fourth-order valence-electron chi connectivity index (χ4n) is 6.54. The van der Waals surface area contributed by atoms with E-state index in [2.05, 4.69) is 16.0 Å². The number of hydrogen-bond acceptors (Lipinski definition) is 7. The number of morpholine rings is 1. The van der Waals surface area contributed by atoms with E-state index in [4.69, 9.17) is 30.5 Å². The van der Waals surface area contributed by atoms with Crippen LogP contribution in [0.25, 0.3) is 0 Å². The number of methoxy groups -OCH3 is 1. The van der Waals surface area contributed by atoms with Crippen molar-refractivity contribution in [3.05, 3.63) is 64.4 Å². The van der Waals surface area contributed by atoms with Gasteiger partial charge in [-0.25, -0.2) is 9.18 Å². The van der Waals surface area contributed by atoms with Crippen molar-refractivity contribution in [2.45, 2.75) is 62.2 Å². The largest absolute Gasteiger partial charge is 0.453 e. The summed E-state index contributed by atoms with van der Waals surface area (Å²) in [7, 11) is 1.26. The summed E-state index contributed by atoms with van der Waals surface area (Å²) in [5, 5.41) is 9.77. The second-order valence-electron chi connectivity index (χ2n) is 11.6. The lowest BCUT2D eigenvalue weighted by molar-refractivity contribution is -0.160. The molecule has 5 rings (SSSR count). The lowest BCUT2D eigenvalue weighted by Gasteiger charge is -2.44. The van der Waals surface area contributed by atoms with Gasteiger partial charge in [0.1, 0.15) is 11.9 Å². The van der Waals surface area contributed by atoms with Crippen LogP contribution in [0.15, 0.2) is 42.5 Å². The predicted octanol–water partition coefficient (Wildman–Crippen LogP) is 4.82. The molecule has 0 saturated carbocycles. The summed E-state index contributed by atoms with van der Waals surface area (Å²) in [6.07, 6.45) is 3.22. The van der Waals surface area contributed by atoms with E-state index >= 15 is 4.39 Å². The van der Waals surface area contributed by atoms with Crippen LogP contribution in [0.2, 0.25) is 5.02 Å². The van der Waals surface area contributed by atoms with E-state index in [1.54, 1.807) is 24.3 Å². The Labute approximate surface area is 257 Å². The van der Waals surface area contributed by atoms with Crippen molar-refractivity contribution in [2.24, 2.45) is 5.92 Å². The topological polar surface area (TPSA) is 107 Å². The number of halogens is 2. The smallest absolute Gasteiger partial charge is 0.407 e. The first kappa shape index (κ1) is 31.7. The molecule has 1 spiro atoms. The number of amides is 2. The third-order valence-corrected chi connectivity index (χ3v) is 9.11. The van der Waals surface area contributed by atoms with Crippen LogP contribution in [-0.4, -0.2) is 76.4 Å². The molecule has 43 heavy (non-hydrogen) atoms. The molecule has 3 aliphatic heterocycles. The van der Waals surface area contributed by atoms with Gasteiger partial charge in [-0.05, 0) is 61.4 Å². The van der Waals surface area contributed by atoms with Crippen LogP contribution < -0.4 is 16.0 Å². The molecule has 11 heteroatoms. The minimum Gasteiger partial charge on any atom is -0.453 e. The van der Waals surface area contributed by atoms with E-state index in [1.807, 2.05) is 12.1 Å². The number of carbonyl (C=O) groups is 2. The summed E-state index contributed by atoms with van der Waals surface area (Å²) in [6, 6.07) is 11.0. The van der Waals surface area contributed by atoms with E-state index < -0.39 is 29.8 Å². The van der Waals surface area contributed by atoms with Crippen molar-refractivity contribution in [1.82, 2.24) is 10.6 Å². The highest BCUT2D eigenvalue weighted by Gasteiger charge is 2.40. The Morgan fingerprint density at radius 3 is 2.53 bits per heavy atom. The summed E-state index contributed by atoms with van der Waals surface area (Å²) in [5.74, 6) is -1.21. The van der Waals surface area contributed by atoms with E-state index in [1.165, 1.54) is 13.2 Å². The molecular weight excluding hydrogens is 577 g/mol. The normalized spacial score (nSPS) is 22.0. The number of hydrogen-bond donors (Lipinski definition) is 3. The summed E-state index contributed by atoms with van der Waals surface area (Å²) in [6.45, 7) is 3.92. The van der Waals surface area contributed by atoms with Gasteiger partial charge in [-0.1, -0.05) is 29.8 Å². The molecule has 3 aliphatic rings. The van der Waals surface area contributed by atoms with E-state index in [-0.39, 0.29) is 17.6 Å². The van der Waals surface area contributed by atoms with Crippen LogP contribution >= 0.6 is 11.6 Å². The minimum absolute atomic E-state index is 0.0447. The third kappa shape index (κ3) is 8.05. The molecule has 0 aliphatic carbocycles. The molecule has 3 saturated heterocycles. The molecule has 234 valence electrons. The van der Waals surface area contributed by atoms with Gasteiger partial charge < -0.3 is 34.9 Å². The van der Waals surface area contributed by atoms with Gasteiger partial charge in [0, 0.05) is 74.6 Å². The van der Waals surface area contributed by atoms with Gasteiger partial charge in [-0.15, -0.1) is 0 Å². The first-order valence-corrected chi connectivity index (χ1v) is 15.5. The number of ether oxygens (including phenoxy) is 4. The number of alkyl carbamates (subject to hydrolysis) is 1. The van der Waals surface area contributed by atoms with Gasteiger partial charge in [-0.3, -0.25) is 4.79 Å². The molecule has 0 bridgehead atoms. The maximum Gasteiger partial charge on any atom is 0.407 e. The zero-order valence-electron chi connectivity index (χ0n) is 24.5. The molecule has 0 aromatic heterocycles. The summed E-state index contributed by atoms with van der Waals surface area (Å²) in [5.41, 5.74) is 1.38. The van der Waals surface area contributed by atoms with Crippen LogP contribution in [-0.2, 0) is 30.2 Å². The molecule has 0 unspecified atom stereocenters. The first-order valence-electron chi connectivity index (χ1n) is 15.1. The molecular formula is C32H41ClFN3O6. The molecule has 2 aromatic carbocycles. The predicted molar refractivity (Wildman–Crippen MR) is 161 cm³/mol. The van der Waals surface area contributed by atoms with E-state index in [0.29, 0.717) is 74.9 Å². The second-order valence-corrected chi connectivity index (χ2v) is 12.0. The summed E-state index contributed by atoms with van der Waals surface area (Å²) < 4.78 is 37.8. The van der Waals surface area contributed by atoms with Crippen LogP contribution in [0.4, 0.5) is 14.9 Å². The lowest BCUT2D eigenvalue weighted by Crippen LogP contribution is -2.56. The molecule has 3 N–H and O–H groups in total. The highest BCUT2D eigenvalue weighted by molar-refractivity contribution is 6.30. The Morgan fingerprint density at radius 1 is 1.09 bits per heavy atom. The molecule has 0 radical (unpaired) electrons. The number of benzene rings is 2. The van der Waals surface area contributed by atoms with E-state index in [0.717, 1.165) is 24.9 Å². The Hall–Kier alpha value is -2.76. The fraction of sp³-hybridized carbons (Fsp3) is 0.562. The average Bonchev–Trinajstić information content (AvgIpc) is 3.02. The Kier molecular flexibility index (Phi) is 10.9. The van der Waals surface area contributed by atoms with Gasteiger partial charge in [-0.2, -0.15) is 0 Å². The Morgan fingerprint density at radius 2 is 1.81 bits per heavy atom.